The Morgan fingerprint density at radius 3 is 1.42 bits per heavy atom. The zero-order valence-electron chi connectivity index (χ0n) is 56.1. The van der Waals surface area contributed by atoms with Crippen molar-refractivity contribution in [3.05, 3.63) is 231 Å². The fourth-order valence-electron chi connectivity index (χ4n) is 13.2. The highest BCUT2D eigenvalue weighted by molar-refractivity contribution is 7.12. The van der Waals surface area contributed by atoms with Gasteiger partial charge in [0.25, 0.3) is 0 Å². The molecule has 0 bridgehead atoms. The van der Waals surface area contributed by atoms with E-state index in [0.29, 0.717) is 94.9 Å². The Morgan fingerprint density at radius 2 is 1.02 bits per heavy atom. The Kier molecular flexibility index (Phi) is 21.3. The van der Waals surface area contributed by atoms with Crippen LogP contribution in [0.2, 0.25) is 10.0 Å². The molecule has 4 amide bonds. The second kappa shape index (κ2) is 31.2. The van der Waals surface area contributed by atoms with E-state index in [2.05, 4.69) is 36.5 Å². The van der Waals surface area contributed by atoms with Crippen LogP contribution in [0.25, 0.3) is 0 Å². The van der Waals surface area contributed by atoms with E-state index < -0.39 is 53.4 Å². The van der Waals surface area contributed by atoms with Crippen molar-refractivity contribution in [3.63, 3.8) is 0 Å². The molecule has 4 N–H and O–H groups in total. The van der Waals surface area contributed by atoms with Gasteiger partial charge in [-0.25, -0.2) is 51.9 Å². The zero-order chi connectivity index (χ0) is 75.5. The number of nitrogens with one attached hydrogen (secondary N) is 2. The van der Waals surface area contributed by atoms with Crippen molar-refractivity contribution in [2.45, 2.75) is 24.2 Å². The third kappa shape index (κ3) is 15.5. The van der Waals surface area contributed by atoms with Crippen LogP contribution in [-0.2, 0) is 19.1 Å². The Labute approximate surface area is 624 Å². The smallest absolute Gasteiger partial charge is 0.338 e. The van der Waals surface area contributed by atoms with Crippen LogP contribution in [0.15, 0.2) is 165 Å². The summed E-state index contributed by atoms with van der Waals surface area (Å²) in [6.45, 7) is 3.46. The number of urea groups is 2. The van der Waals surface area contributed by atoms with Gasteiger partial charge in [0.2, 0.25) is 0 Å². The second-order valence-corrected chi connectivity index (χ2v) is 27.3. The van der Waals surface area contributed by atoms with Gasteiger partial charge < -0.3 is 49.6 Å². The number of aromatic carboxylic acids is 2. The lowest BCUT2D eigenvalue weighted by Crippen LogP contribution is -2.53. The fourth-order valence-corrected chi connectivity index (χ4v) is 14.9. The van der Waals surface area contributed by atoms with Gasteiger partial charge in [0, 0.05) is 133 Å². The van der Waals surface area contributed by atoms with Crippen molar-refractivity contribution >= 4 is 105 Å². The Morgan fingerprint density at radius 1 is 0.570 bits per heavy atom. The molecule has 0 unspecified atom stereocenters. The fraction of sp³-hybridized carbons (Fsp3) is 0.219. The number of rotatable bonds is 18. The topological polar surface area (TPSA) is 345 Å². The number of methoxy groups -OCH3 is 2. The molecule has 4 fully saturated rings. The molecule has 0 radical (unpaired) electrons. The summed E-state index contributed by atoms with van der Waals surface area (Å²) in [6.07, 6.45) is 3.26. The van der Waals surface area contributed by atoms with Crippen LogP contribution in [0.5, 0.6) is 23.0 Å². The number of hydrogen-bond donors (Lipinski definition) is 4. The van der Waals surface area contributed by atoms with Crippen molar-refractivity contribution in [2.75, 3.05) is 89.5 Å². The van der Waals surface area contributed by atoms with Crippen molar-refractivity contribution in [1.29, 1.82) is 15.8 Å². The van der Waals surface area contributed by atoms with Gasteiger partial charge >= 0.3 is 35.9 Å². The predicted octanol–water partition coefficient (Wildman–Crippen LogP) is 10.9. The average Bonchev–Trinajstić information content (AvgIpc) is 1.65. The number of carboxylic acids is 2. The van der Waals surface area contributed by atoms with Gasteiger partial charge in [0.05, 0.1) is 88.8 Å². The van der Waals surface area contributed by atoms with Crippen LogP contribution in [0.4, 0.5) is 34.1 Å². The minimum Gasteiger partial charge on any atom is -0.478 e. The SMILES string of the molecule is COC(=O)C1=C(CN2CCN3C(=O)N(c4cc(C#N)cc(Oc5ccc(C(=O)O)cc5C#N)c4)C[C@@H]3C2)NC(c2nccs2)=N[C@H]1c1ccc(F)cc1Cl.COC(=O)C1=C(CN2CCN3C(=O)N(c4cc(C#N)cc(Oc5ccc(C(=O)O)cc5F)c4)C[C@@H]3C2)NC(c2nccs2)=N[C@H]1c1ccc(F)cc1Cl. The first-order valence-corrected chi connectivity index (χ1v) is 35.0. The molecule has 8 heterocycles. The molecule has 0 saturated carbocycles. The summed E-state index contributed by atoms with van der Waals surface area (Å²) in [7, 11) is 2.53. The number of aromatic nitrogens is 2. The largest absolute Gasteiger partial charge is 0.478 e. The normalized spacial score (nSPS) is 18.5. The molecule has 6 aliphatic heterocycles. The molecular weight excluding hydrogens is 1470 g/mol. The van der Waals surface area contributed by atoms with Crippen LogP contribution >= 0.6 is 45.9 Å². The van der Waals surface area contributed by atoms with Gasteiger partial charge in [-0.15, -0.1) is 22.7 Å². The van der Waals surface area contributed by atoms with Gasteiger partial charge in [-0.1, -0.05) is 35.3 Å². The van der Waals surface area contributed by atoms with Crippen LogP contribution < -0.4 is 29.9 Å². The van der Waals surface area contributed by atoms with E-state index in [1.807, 2.05) is 12.1 Å². The van der Waals surface area contributed by atoms with Crippen LogP contribution in [0.3, 0.4) is 0 Å². The summed E-state index contributed by atoms with van der Waals surface area (Å²) in [5.74, 6) is -4.83. The third-order valence-corrected chi connectivity index (χ3v) is 20.3. The third-order valence-electron chi connectivity index (χ3n) is 18.1. The molecular formula is C73H56Cl2F3N15O12S2. The highest BCUT2D eigenvalue weighted by Gasteiger charge is 2.45. The maximum absolute atomic E-state index is 14.7. The number of amidine groups is 2. The molecule has 0 aliphatic carbocycles. The number of thiazole rings is 2. The summed E-state index contributed by atoms with van der Waals surface area (Å²) >= 11 is 15.7. The van der Waals surface area contributed by atoms with Gasteiger partial charge in [0.1, 0.15) is 47.0 Å². The highest BCUT2D eigenvalue weighted by Crippen LogP contribution is 2.42. The summed E-state index contributed by atoms with van der Waals surface area (Å²) < 4.78 is 64.8. The number of benzene rings is 6. The molecule has 8 aromatic rings. The first-order chi connectivity index (χ1) is 51.6. The second-order valence-electron chi connectivity index (χ2n) is 24.7. The lowest BCUT2D eigenvalue weighted by molar-refractivity contribution is -0.137. The molecule has 542 valence electrons. The van der Waals surface area contributed by atoms with E-state index in [0.717, 1.165) is 18.2 Å². The number of piperazine rings is 2. The van der Waals surface area contributed by atoms with E-state index in [1.54, 1.807) is 50.0 Å². The number of hydrogen-bond acceptors (Lipinski definition) is 23. The molecule has 6 aromatic carbocycles. The zero-order valence-corrected chi connectivity index (χ0v) is 59.2. The molecule has 0 spiro atoms. The number of carboxylic acid groups (broad SMARTS) is 2. The molecule has 27 nitrogen and oxygen atoms in total. The summed E-state index contributed by atoms with van der Waals surface area (Å²) in [5.41, 5.74) is 3.01. The van der Waals surface area contributed by atoms with Crippen LogP contribution in [0, 0.1) is 51.4 Å². The summed E-state index contributed by atoms with van der Waals surface area (Å²) in [4.78, 5) is 106. The Hall–Kier alpha value is -12.2. The van der Waals surface area contributed by atoms with Crippen molar-refractivity contribution < 1.29 is 71.1 Å². The van der Waals surface area contributed by atoms with Gasteiger partial charge in [-0.2, -0.15) is 15.8 Å². The lowest BCUT2D eigenvalue weighted by atomic mass is 9.95. The number of carbonyl (C=O) groups is 6. The average molecular weight is 1530 g/mol. The van der Waals surface area contributed by atoms with Crippen molar-refractivity contribution in [3.8, 4) is 41.2 Å². The number of amides is 4. The number of fused-ring (bicyclic) bond motifs is 2. The van der Waals surface area contributed by atoms with E-state index in [-0.39, 0.29) is 122 Å². The van der Waals surface area contributed by atoms with E-state index in [4.69, 9.17) is 57.2 Å². The quantitative estimate of drug-likeness (QED) is 0.0580. The van der Waals surface area contributed by atoms with E-state index in [1.165, 1.54) is 121 Å². The number of nitrogens with zero attached hydrogens (tertiary/aromatic N) is 13. The van der Waals surface area contributed by atoms with E-state index >= 15 is 0 Å². The number of ether oxygens (including phenoxy) is 4. The Balaban J connectivity index is 0.000000189. The molecule has 4 atom stereocenters. The number of halogens is 5. The summed E-state index contributed by atoms with van der Waals surface area (Å²) in [5, 5.41) is 59.1. The molecule has 14 rings (SSSR count). The first kappa shape index (κ1) is 73.1. The van der Waals surface area contributed by atoms with Gasteiger partial charge in [-0.05, 0) is 84.9 Å². The minimum absolute atomic E-state index is 0.0108. The van der Waals surface area contributed by atoms with E-state index in [9.17, 15) is 62.8 Å². The Bertz CT molecular complexity index is 5220. The monoisotopic (exact) mass is 1530 g/mol. The number of carbonyl (C=O) groups excluding carboxylic acids is 4. The van der Waals surface area contributed by atoms with Crippen molar-refractivity contribution in [1.82, 2.24) is 40.2 Å². The number of anilines is 2. The molecule has 107 heavy (non-hydrogen) atoms. The molecule has 4 saturated heterocycles. The van der Waals surface area contributed by atoms with Crippen LogP contribution in [-0.4, -0.2) is 179 Å². The summed E-state index contributed by atoms with van der Waals surface area (Å²) in [6, 6.07) is 27.0. The van der Waals surface area contributed by atoms with Crippen LogP contribution in [0.1, 0.15) is 70.6 Å². The number of esters is 2. The lowest BCUT2D eigenvalue weighted by Gasteiger charge is -2.38. The first-order valence-electron chi connectivity index (χ1n) is 32.5. The highest BCUT2D eigenvalue weighted by atomic mass is 35.5. The maximum Gasteiger partial charge on any atom is 0.338 e. The number of nitriles is 3. The molecule has 6 aliphatic rings. The molecule has 2 aromatic heterocycles. The standard InChI is InChI=1S/C37H28ClFN8O6S.C36H28ClF2N7O6S/c1-52-36(50)31-29(43-33(34-42-6-9-54-34)44-32(31)27-4-3-23(39)13-28(27)38)19-45-7-8-46-25(17-45)18-47(37(46)51)24-10-20(15-40)11-26(14-24)53-30-5-2-21(35(48)49)12-22(30)16-41;1-51-35(49)30-28(42-32(33-41-6-9-53-33)43-31(30)25-4-3-21(38)13-26(25)37)18-44-7-8-45-23(16-44)17-46(36(45)50)22-10-19(15-40)11-24(14-22)52-29-5-2-20(34(47)48)12-27(29)39/h2-6,9-14,25,32H,7-8,17-19H2,1H3,(H,43,44)(H,48,49);2-6,9-14,23,31H,7-8,16-18H2,1H3,(H,42,43)(H,47,48)/t25-,32-;23-,31-/m00/s1. The van der Waals surface area contributed by atoms with Gasteiger partial charge in [0.15, 0.2) is 33.3 Å². The maximum atomic E-state index is 14.7. The van der Waals surface area contributed by atoms with Crippen molar-refractivity contribution in [2.24, 2.45) is 9.98 Å². The van der Waals surface area contributed by atoms with Gasteiger partial charge in [-0.3, -0.25) is 29.6 Å². The molecule has 34 heteroatoms. The predicted molar refractivity (Wildman–Crippen MR) is 383 cm³/mol. The minimum atomic E-state index is -1.30. The number of aliphatic imine (C=N–C) groups is 2.